The SMILES string of the molecule is Cl.O=C1C=CC=C2C=NC=C12. The largest absolute Gasteiger partial charge is 0.289 e. The van der Waals surface area contributed by atoms with E-state index in [-0.39, 0.29) is 18.2 Å². The molecule has 3 heteroatoms. The van der Waals surface area contributed by atoms with Gasteiger partial charge in [0.15, 0.2) is 5.78 Å². The van der Waals surface area contributed by atoms with Crippen molar-refractivity contribution in [1.82, 2.24) is 0 Å². The summed E-state index contributed by atoms with van der Waals surface area (Å²) in [7, 11) is 0. The molecule has 0 amide bonds. The van der Waals surface area contributed by atoms with Crippen molar-refractivity contribution in [3.63, 3.8) is 0 Å². The molecular weight excluding hydrogens is 162 g/mol. The summed E-state index contributed by atoms with van der Waals surface area (Å²) in [4.78, 5) is 14.9. The maximum Gasteiger partial charge on any atom is 0.188 e. The molecule has 0 unspecified atom stereocenters. The number of fused-ring (bicyclic) bond motifs is 1. The van der Waals surface area contributed by atoms with Crippen LogP contribution in [0.3, 0.4) is 0 Å². The molecule has 0 spiro atoms. The van der Waals surface area contributed by atoms with Gasteiger partial charge in [-0.15, -0.1) is 12.4 Å². The van der Waals surface area contributed by atoms with Crippen molar-refractivity contribution in [2.24, 2.45) is 4.99 Å². The Hall–Kier alpha value is -1.15. The topological polar surface area (TPSA) is 29.4 Å². The monoisotopic (exact) mass is 167 g/mol. The van der Waals surface area contributed by atoms with Crippen molar-refractivity contribution in [3.05, 3.63) is 35.6 Å². The number of nitrogens with zero attached hydrogens (tertiary/aromatic N) is 1. The summed E-state index contributed by atoms with van der Waals surface area (Å²) < 4.78 is 0. The lowest BCUT2D eigenvalue weighted by Gasteiger charge is -2.00. The van der Waals surface area contributed by atoms with Crippen LogP contribution in [-0.4, -0.2) is 12.0 Å². The second kappa shape index (κ2) is 2.84. The average Bonchev–Trinajstić information content (AvgIpc) is 2.36. The van der Waals surface area contributed by atoms with E-state index in [0.29, 0.717) is 5.57 Å². The minimum Gasteiger partial charge on any atom is -0.289 e. The Morgan fingerprint density at radius 1 is 1.36 bits per heavy atom. The molecule has 2 aliphatic rings. The third-order valence-electron chi connectivity index (χ3n) is 1.52. The second-order valence-corrected chi connectivity index (χ2v) is 2.17. The lowest BCUT2D eigenvalue weighted by molar-refractivity contribution is -0.111. The highest BCUT2D eigenvalue weighted by Gasteiger charge is 2.15. The lowest BCUT2D eigenvalue weighted by atomic mass is 10.0. The molecule has 0 radical (unpaired) electrons. The molecule has 0 aromatic carbocycles. The van der Waals surface area contributed by atoms with E-state index >= 15 is 0 Å². The van der Waals surface area contributed by atoms with Crippen LogP contribution in [0.2, 0.25) is 0 Å². The average molecular weight is 168 g/mol. The highest BCUT2D eigenvalue weighted by atomic mass is 35.5. The Morgan fingerprint density at radius 2 is 2.18 bits per heavy atom. The van der Waals surface area contributed by atoms with E-state index in [1.54, 1.807) is 24.6 Å². The second-order valence-electron chi connectivity index (χ2n) is 2.17. The molecule has 0 atom stereocenters. The molecule has 0 saturated heterocycles. The van der Waals surface area contributed by atoms with E-state index in [1.165, 1.54) is 0 Å². The van der Waals surface area contributed by atoms with Gasteiger partial charge in [-0.2, -0.15) is 0 Å². The number of hydrogen-bond acceptors (Lipinski definition) is 2. The van der Waals surface area contributed by atoms with Gasteiger partial charge in [-0.1, -0.05) is 12.2 Å². The number of carbonyl (C=O) groups excluding carboxylic acids is 1. The van der Waals surface area contributed by atoms with Gasteiger partial charge in [0.2, 0.25) is 0 Å². The molecule has 1 aliphatic heterocycles. The maximum atomic E-state index is 11.0. The number of rotatable bonds is 0. The Balaban J connectivity index is 0.000000605. The highest BCUT2D eigenvalue weighted by Crippen LogP contribution is 2.18. The van der Waals surface area contributed by atoms with Crippen LogP contribution in [0.25, 0.3) is 0 Å². The summed E-state index contributed by atoms with van der Waals surface area (Å²) in [5.74, 6) is 0.0509. The molecule has 56 valence electrons. The van der Waals surface area contributed by atoms with Crippen molar-refractivity contribution >= 4 is 24.4 Å². The number of halogens is 1. The molecule has 2 nitrogen and oxygen atoms in total. The molecule has 0 bridgehead atoms. The number of aliphatic imine (C=N–C) groups is 1. The summed E-state index contributed by atoms with van der Waals surface area (Å²) in [6.45, 7) is 0. The third kappa shape index (κ3) is 1.17. The van der Waals surface area contributed by atoms with Gasteiger partial charge in [-0.05, 0) is 6.08 Å². The van der Waals surface area contributed by atoms with Crippen LogP contribution in [-0.2, 0) is 4.79 Å². The first-order valence-electron chi connectivity index (χ1n) is 3.04. The zero-order valence-electron chi connectivity index (χ0n) is 5.65. The Kier molecular flexibility index (Phi) is 2.06. The van der Waals surface area contributed by atoms with E-state index < -0.39 is 0 Å². The van der Waals surface area contributed by atoms with Crippen molar-refractivity contribution in [3.8, 4) is 0 Å². The fourth-order valence-electron chi connectivity index (χ4n) is 1.00. The van der Waals surface area contributed by atoms with Gasteiger partial charge < -0.3 is 0 Å². The zero-order valence-corrected chi connectivity index (χ0v) is 6.47. The van der Waals surface area contributed by atoms with E-state index in [1.807, 2.05) is 6.08 Å². The van der Waals surface area contributed by atoms with Crippen LogP contribution in [0.1, 0.15) is 0 Å². The van der Waals surface area contributed by atoms with Crippen molar-refractivity contribution in [2.75, 3.05) is 0 Å². The van der Waals surface area contributed by atoms with E-state index in [4.69, 9.17) is 0 Å². The minimum atomic E-state index is 0. The summed E-state index contributed by atoms with van der Waals surface area (Å²) in [5.41, 5.74) is 1.63. The molecule has 1 heterocycles. The number of ketones is 1. The van der Waals surface area contributed by atoms with Gasteiger partial charge in [0.25, 0.3) is 0 Å². The van der Waals surface area contributed by atoms with Crippen LogP contribution in [0.15, 0.2) is 40.6 Å². The van der Waals surface area contributed by atoms with E-state index in [9.17, 15) is 4.79 Å². The molecule has 0 fully saturated rings. The van der Waals surface area contributed by atoms with Gasteiger partial charge in [-0.3, -0.25) is 9.79 Å². The van der Waals surface area contributed by atoms with Crippen molar-refractivity contribution in [1.29, 1.82) is 0 Å². The molecule has 11 heavy (non-hydrogen) atoms. The summed E-state index contributed by atoms with van der Waals surface area (Å²) in [6, 6.07) is 0. The van der Waals surface area contributed by atoms with Crippen LogP contribution in [0.4, 0.5) is 0 Å². The first-order chi connectivity index (χ1) is 4.88. The highest BCUT2D eigenvalue weighted by molar-refractivity contribution is 6.15. The Labute approximate surface area is 70.4 Å². The molecule has 2 rings (SSSR count). The molecular formula is C8H6ClNO. The Morgan fingerprint density at radius 3 is 2.91 bits per heavy atom. The van der Waals surface area contributed by atoms with E-state index in [2.05, 4.69) is 4.99 Å². The standard InChI is InChI=1S/C8H5NO.ClH/c10-8-3-1-2-6-4-9-5-7(6)8;/h1-5H;1H. The number of allylic oxidation sites excluding steroid dienone is 5. The molecule has 1 aliphatic carbocycles. The first kappa shape index (κ1) is 7.95. The number of carbonyl (C=O) groups is 1. The predicted octanol–water partition coefficient (Wildman–Crippen LogP) is 1.44. The minimum absolute atomic E-state index is 0. The fourth-order valence-corrected chi connectivity index (χ4v) is 1.00. The fraction of sp³-hybridized carbons (Fsp3) is 0. The summed E-state index contributed by atoms with van der Waals surface area (Å²) in [6.07, 6.45) is 8.45. The van der Waals surface area contributed by atoms with Gasteiger partial charge in [0.1, 0.15) is 0 Å². The van der Waals surface area contributed by atoms with Crippen LogP contribution in [0, 0.1) is 0 Å². The van der Waals surface area contributed by atoms with Gasteiger partial charge in [0, 0.05) is 23.6 Å². The first-order valence-corrected chi connectivity index (χ1v) is 3.04. The van der Waals surface area contributed by atoms with Crippen molar-refractivity contribution in [2.45, 2.75) is 0 Å². The van der Waals surface area contributed by atoms with Crippen LogP contribution in [0.5, 0.6) is 0 Å². The van der Waals surface area contributed by atoms with Gasteiger partial charge in [0.05, 0.1) is 0 Å². The zero-order chi connectivity index (χ0) is 6.97. The summed E-state index contributed by atoms with van der Waals surface area (Å²) >= 11 is 0. The quantitative estimate of drug-likeness (QED) is 0.537. The molecule has 0 aromatic rings. The molecule has 0 saturated carbocycles. The molecule has 0 N–H and O–H groups in total. The van der Waals surface area contributed by atoms with E-state index in [0.717, 1.165) is 5.57 Å². The maximum absolute atomic E-state index is 11.0. The summed E-state index contributed by atoms with van der Waals surface area (Å²) in [5, 5.41) is 0. The van der Waals surface area contributed by atoms with Crippen LogP contribution < -0.4 is 0 Å². The molecule has 0 aromatic heterocycles. The van der Waals surface area contributed by atoms with Gasteiger partial charge >= 0.3 is 0 Å². The smallest absolute Gasteiger partial charge is 0.188 e. The van der Waals surface area contributed by atoms with Crippen LogP contribution >= 0.6 is 12.4 Å². The lowest BCUT2D eigenvalue weighted by Crippen LogP contribution is -2.02. The van der Waals surface area contributed by atoms with Gasteiger partial charge in [-0.25, -0.2) is 0 Å². The Bertz CT molecular complexity index is 304. The number of hydrogen-bond donors (Lipinski definition) is 0. The normalized spacial score (nSPS) is 18.7. The predicted molar refractivity (Wildman–Crippen MR) is 46.1 cm³/mol. The third-order valence-corrected chi connectivity index (χ3v) is 1.52. The van der Waals surface area contributed by atoms with Crippen molar-refractivity contribution < 1.29 is 4.79 Å².